The SMILES string of the molecule is Cc1ccc(F)c(O)c1[C@H](C(F)F)N1CCNCC1.Cl.Cl. The maximum atomic E-state index is 13.4. The average molecular weight is 347 g/mol. The Bertz CT molecular complexity index is 457. The van der Waals surface area contributed by atoms with Gasteiger partial charge in [-0.05, 0) is 18.6 Å². The van der Waals surface area contributed by atoms with Crippen LogP contribution in [0.2, 0.25) is 0 Å². The highest BCUT2D eigenvalue weighted by Crippen LogP contribution is 2.37. The number of aromatic hydroxyl groups is 1. The summed E-state index contributed by atoms with van der Waals surface area (Å²) in [5.74, 6) is -1.52. The lowest BCUT2D eigenvalue weighted by molar-refractivity contribution is 0.0164. The summed E-state index contributed by atoms with van der Waals surface area (Å²) in [6.07, 6.45) is -2.68. The molecule has 1 atom stereocenters. The molecule has 0 bridgehead atoms. The first-order chi connectivity index (χ1) is 9.02. The third kappa shape index (κ3) is 4.39. The zero-order chi connectivity index (χ0) is 14.0. The quantitative estimate of drug-likeness (QED) is 0.883. The molecule has 1 aromatic carbocycles. The lowest BCUT2D eigenvalue weighted by Crippen LogP contribution is -2.47. The number of aryl methyl sites for hydroxylation is 1. The fourth-order valence-corrected chi connectivity index (χ4v) is 2.48. The van der Waals surface area contributed by atoms with Crippen LogP contribution in [0.5, 0.6) is 5.75 Å². The zero-order valence-electron chi connectivity index (χ0n) is 11.5. The third-order valence-electron chi connectivity index (χ3n) is 3.47. The van der Waals surface area contributed by atoms with E-state index in [1.54, 1.807) is 11.8 Å². The van der Waals surface area contributed by atoms with Crippen molar-refractivity contribution in [3.63, 3.8) is 0 Å². The van der Waals surface area contributed by atoms with E-state index in [4.69, 9.17) is 0 Å². The largest absolute Gasteiger partial charge is 0.505 e. The first kappa shape index (κ1) is 20.3. The van der Waals surface area contributed by atoms with Crippen LogP contribution in [0.1, 0.15) is 17.2 Å². The highest BCUT2D eigenvalue weighted by molar-refractivity contribution is 5.85. The number of hydrogen-bond donors (Lipinski definition) is 2. The minimum Gasteiger partial charge on any atom is -0.505 e. The van der Waals surface area contributed by atoms with Crippen molar-refractivity contribution in [2.24, 2.45) is 0 Å². The minimum atomic E-state index is -2.68. The highest BCUT2D eigenvalue weighted by atomic mass is 35.5. The normalized spacial score (nSPS) is 17.0. The van der Waals surface area contributed by atoms with Gasteiger partial charge >= 0.3 is 0 Å². The van der Waals surface area contributed by atoms with Crippen molar-refractivity contribution in [1.82, 2.24) is 10.2 Å². The number of hydrogen-bond acceptors (Lipinski definition) is 3. The lowest BCUT2D eigenvalue weighted by Gasteiger charge is -2.35. The van der Waals surface area contributed by atoms with E-state index in [0.717, 1.165) is 6.07 Å². The maximum absolute atomic E-state index is 13.4. The smallest absolute Gasteiger partial charge is 0.258 e. The van der Waals surface area contributed by atoms with Gasteiger partial charge in [-0.3, -0.25) is 4.90 Å². The van der Waals surface area contributed by atoms with Gasteiger partial charge in [0.15, 0.2) is 11.6 Å². The molecule has 0 saturated carbocycles. The topological polar surface area (TPSA) is 35.5 Å². The van der Waals surface area contributed by atoms with Gasteiger partial charge in [-0.1, -0.05) is 6.07 Å². The van der Waals surface area contributed by atoms with E-state index in [1.807, 2.05) is 0 Å². The molecule has 2 rings (SSSR count). The van der Waals surface area contributed by atoms with Gasteiger partial charge in [0.1, 0.15) is 6.04 Å². The maximum Gasteiger partial charge on any atom is 0.258 e. The van der Waals surface area contributed by atoms with Gasteiger partial charge < -0.3 is 10.4 Å². The summed E-state index contributed by atoms with van der Waals surface area (Å²) in [4.78, 5) is 1.59. The molecule has 2 N–H and O–H groups in total. The fraction of sp³-hybridized carbons (Fsp3) is 0.538. The van der Waals surface area contributed by atoms with E-state index in [-0.39, 0.29) is 30.4 Å². The van der Waals surface area contributed by atoms with Crippen LogP contribution in [-0.4, -0.2) is 42.6 Å². The van der Waals surface area contributed by atoms with Gasteiger partial charge in [-0.25, -0.2) is 13.2 Å². The number of nitrogens with zero attached hydrogens (tertiary/aromatic N) is 1. The van der Waals surface area contributed by atoms with E-state index in [0.29, 0.717) is 31.7 Å². The Morgan fingerprint density at radius 3 is 2.29 bits per heavy atom. The number of piperazine rings is 1. The molecule has 0 unspecified atom stereocenters. The molecule has 21 heavy (non-hydrogen) atoms. The van der Waals surface area contributed by atoms with Crippen LogP contribution in [0.3, 0.4) is 0 Å². The van der Waals surface area contributed by atoms with Crippen molar-refractivity contribution in [3.05, 3.63) is 29.1 Å². The molecule has 0 spiro atoms. The first-order valence-electron chi connectivity index (χ1n) is 6.23. The van der Waals surface area contributed by atoms with Crippen molar-refractivity contribution < 1.29 is 18.3 Å². The van der Waals surface area contributed by atoms with Crippen molar-refractivity contribution in [2.75, 3.05) is 26.2 Å². The molecule has 1 heterocycles. The van der Waals surface area contributed by atoms with Crippen LogP contribution in [-0.2, 0) is 0 Å². The number of benzene rings is 1. The Morgan fingerprint density at radius 2 is 1.76 bits per heavy atom. The van der Waals surface area contributed by atoms with Gasteiger partial charge in [0.25, 0.3) is 6.43 Å². The molecule has 1 aliphatic rings. The Balaban J connectivity index is 0.00000200. The van der Waals surface area contributed by atoms with E-state index < -0.39 is 24.0 Å². The molecule has 0 aliphatic carbocycles. The number of nitrogens with one attached hydrogen (secondary N) is 1. The Morgan fingerprint density at radius 1 is 1.19 bits per heavy atom. The second-order valence-electron chi connectivity index (χ2n) is 4.69. The Hall–Kier alpha value is -0.690. The predicted octanol–water partition coefficient (Wildman–Crippen LogP) is 2.89. The summed E-state index contributed by atoms with van der Waals surface area (Å²) >= 11 is 0. The molecular formula is C13H19Cl2F3N2O. The van der Waals surface area contributed by atoms with Crippen LogP contribution in [0, 0.1) is 12.7 Å². The zero-order valence-corrected chi connectivity index (χ0v) is 13.1. The fourth-order valence-electron chi connectivity index (χ4n) is 2.48. The molecule has 0 aromatic heterocycles. The van der Waals surface area contributed by atoms with E-state index in [9.17, 15) is 18.3 Å². The van der Waals surface area contributed by atoms with Crippen LogP contribution in [0.25, 0.3) is 0 Å². The van der Waals surface area contributed by atoms with Gasteiger partial charge in [0.05, 0.1) is 0 Å². The summed E-state index contributed by atoms with van der Waals surface area (Å²) in [6.45, 7) is 3.72. The van der Waals surface area contributed by atoms with Gasteiger partial charge in [-0.15, -0.1) is 24.8 Å². The van der Waals surface area contributed by atoms with Gasteiger partial charge in [0, 0.05) is 31.7 Å². The van der Waals surface area contributed by atoms with E-state index >= 15 is 0 Å². The molecule has 1 aromatic rings. The summed E-state index contributed by atoms with van der Waals surface area (Å²) in [6, 6.07) is 1.24. The molecule has 1 saturated heterocycles. The summed E-state index contributed by atoms with van der Waals surface area (Å²) in [5, 5.41) is 12.9. The van der Waals surface area contributed by atoms with Crippen LogP contribution < -0.4 is 5.32 Å². The monoisotopic (exact) mass is 346 g/mol. The molecule has 0 radical (unpaired) electrons. The number of halogens is 5. The van der Waals surface area contributed by atoms with Crippen LogP contribution in [0.4, 0.5) is 13.2 Å². The third-order valence-corrected chi connectivity index (χ3v) is 3.47. The standard InChI is InChI=1S/C13H17F3N2O.2ClH/c1-8-2-3-9(14)12(19)10(8)11(13(15)16)18-6-4-17-5-7-18;;/h2-3,11,13,17,19H,4-7H2,1H3;2*1H/t11-;;/m1../s1. The van der Waals surface area contributed by atoms with Crippen molar-refractivity contribution in [2.45, 2.75) is 19.4 Å². The Kier molecular flexibility index (Phi) is 8.39. The second kappa shape index (κ2) is 8.68. The van der Waals surface area contributed by atoms with Crippen molar-refractivity contribution >= 4 is 24.8 Å². The molecular weight excluding hydrogens is 328 g/mol. The van der Waals surface area contributed by atoms with Crippen molar-refractivity contribution in [1.29, 1.82) is 0 Å². The predicted molar refractivity (Wildman–Crippen MR) is 80.5 cm³/mol. The van der Waals surface area contributed by atoms with Crippen LogP contribution >= 0.6 is 24.8 Å². The number of alkyl halides is 2. The number of phenolic OH excluding ortho intramolecular Hbond substituents is 1. The van der Waals surface area contributed by atoms with Gasteiger partial charge in [-0.2, -0.15) is 0 Å². The van der Waals surface area contributed by atoms with Crippen LogP contribution in [0.15, 0.2) is 12.1 Å². The summed E-state index contributed by atoms with van der Waals surface area (Å²) in [7, 11) is 0. The molecule has 122 valence electrons. The lowest BCUT2D eigenvalue weighted by atomic mass is 9.98. The molecule has 3 nitrogen and oxygen atoms in total. The average Bonchev–Trinajstić information content (AvgIpc) is 2.39. The Labute approximate surface area is 134 Å². The minimum absolute atomic E-state index is 0. The van der Waals surface area contributed by atoms with E-state index in [1.165, 1.54) is 6.07 Å². The number of rotatable bonds is 3. The summed E-state index contributed by atoms with van der Waals surface area (Å²) in [5.41, 5.74) is 0.472. The molecule has 0 amide bonds. The van der Waals surface area contributed by atoms with E-state index in [2.05, 4.69) is 5.32 Å². The number of phenols is 1. The highest BCUT2D eigenvalue weighted by Gasteiger charge is 2.34. The molecule has 1 aliphatic heterocycles. The van der Waals surface area contributed by atoms with Gasteiger partial charge in [0.2, 0.25) is 0 Å². The summed E-state index contributed by atoms with van der Waals surface area (Å²) < 4.78 is 40.2. The molecule has 8 heteroatoms. The molecule has 1 fully saturated rings. The van der Waals surface area contributed by atoms with Crippen molar-refractivity contribution in [3.8, 4) is 5.75 Å². The second-order valence-corrected chi connectivity index (χ2v) is 4.69. The first-order valence-corrected chi connectivity index (χ1v) is 6.23.